The predicted octanol–water partition coefficient (Wildman–Crippen LogP) is 18.9. The molecule has 0 atom stereocenters. The SMILES string of the molecule is CO.CO.Cc1cccc(-c2[c-]cccc2)n1.Cc1cccc(-c2[c-]cccc2)n1.Cc1cccc(-c2ccc(-c3[c-]cc4c5ccccc5n(CC(C)C)c4c3)nc2)n1.Cc1cccc(-c2ccc(-c3ccc4c5ccccc5n(CC(C)C)c4c3)nc2)n1.O=S(=O)(O)C(F)(F)F.[Ir].[Ir]. The first kappa shape index (κ1) is 79.7. The molecular weight excluding hydrogens is 1640 g/mol. The standard InChI is InChI=1S/C27H25N3.C27H24N3.2C12H10N.CHF3O3S.2CH4O.2Ir/c2*1-18(2)17-30-26-10-5-4-8-22(26)23-13-11-20(15-27(23)30)24-14-12-21(16-28-24)25-9-6-7-19(3)29-25;2*1-10-6-5-9-12(13-10)11-7-3-2-4-8-11;2-1(3,4)8(5,6)7;2*1-2;;/h4-16,18H,17H2,1-3H3;4-10,12-16,18H,17H2,1-3H3;2*2-7,9H,1H3;(H,5,6,7);2*2H,1H3;;/q;3*-1;;;;;. The van der Waals surface area contributed by atoms with Gasteiger partial charge in [0.1, 0.15) is 0 Å². The van der Waals surface area contributed by atoms with Crippen LogP contribution in [-0.4, -0.2) is 81.9 Å². The van der Waals surface area contributed by atoms with Gasteiger partial charge in [0.05, 0.1) is 17.1 Å². The van der Waals surface area contributed by atoms with Crippen molar-refractivity contribution >= 4 is 53.7 Å². The van der Waals surface area contributed by atoms with E-state index in [9.17, 15) is 13.2 Å². The molecular formula is C81H78F3Ir2N8O5S-3. The van der Waals surface area contributed by atoms with E-state index in [1.165, 1.54) is 43.6 Å². The summed E-state index contributed by atoms with van der Waals surface area (Å²) in [6.45, 7) is 19.0. The Hall–Kier alpha value is -9.26. The third-order valence-corrected chi connectivity index (χ3v) is 15.7. The molecule has 0 unspecified atom stereocenters. The summed E-state index contributed by atoms with van der Waals surface area (Å²) in [5.41, 5.74) is 15.7. The van der Waals surface area contributed by atoms with Gasteiger partial charge in [0.15, 0.2) is 0 Å². The second-order valence-electron chi connectivity index (χ2n) is 23.4. The number of aliphatic hydroxyl groups is 2. The van der Waals surface area contributed by atoms with Crippen LogP contribution in [0.25, 0.3) is 111 Å². The molecule has 0 fully saturated rings. The number of alkyl halides is 3. The van der Waals surface area contributed by atoms with Gasteiger partial charge in [0.25, 0.3) is 0 Å². The second kappa shape index (κ2) is 37.8. The van der Waals surface area contributed by atoms with Crippen molar-refractivity contribution in [2.45, 2.75) is 74.0 Å². The first-order valence-electron chi connectivity index (χ1n) is 31.7. The molecule has 3 N–H and O–H groups in total. The van der Waals surface area contributed by atoms with Gasteiger partial charge in [-0.05, 0) is 134 Å². The summed E-state index contributed by atoms with van der Waals surface area (Å²) in [7, 11) is -3.84. The molecule has 0 bridgehead atoms. The number of aromatic nitrogens is 8. The summed E-state index contributed by atoms with van der Waals surface area (Å²) in [4.78, 5) is 27.5. The molecule has 0 aliphatic rings. The minimum absolute atomic E-state index is 0. The molecule has 8 heterocycles. The van der Waals surface area contributed by atoms with E-state index in [4.69, 9.17) is 33.2 Å². The Labute approximate surface area is 610 Å². The number of hydrogen-bond acceptors (Lipinski definition) is 10. The zero-order valence-corrected chi connectivity index (χ0v) is 62.6. The molecule has 100 heavy (non-hydrogen) atoms. The van der Waals surface area contributed by atoms with Crippen LogP contribution in [0.3, 0.4) is 0 Å². The minimum atomic E-state index is -5.84. The summed E-state index contributed by atoms with van der Waals surface area (Å²) < 4.78 is 62.4. The average molecular weight is 1720 g/mol. The normalized spacial score (nSPS) is 10.8. The Balaban J connectivity index is 0.000000208. The number of hydrogen-bond donors (Lipinski definition) is 3. The summed E-state index contributed by atoms with van der Waals surface area (Å²) in [6.07, 6.45) is 3.82. The molecule has 2 radical (unpaired) electrons. The largest absolute Gasteiger partial charge is 0.522 e. The number of fused-ring (bicyclic) bond motifs is 6. The van der Waals surface area contributed by atoms with Gasteiger partial charge in [0.2, 0.25) is 0 Å². The third kappa shape index (κ3) is 21.1. The number of rotatable bonds is 10. The first-order chi connectivity index (χ1) is 47.2. The van der Waals surface area contributed by atoms with Gasteiger partial charge < -0.3 is 34.3 Å². The zero-order chi connectivity index (χ0) is 70.5. The topological polar surface area (TPSA) is 182 Å². The molecule has 0 aliphatic carbocycles. The fourth-order valence-electron chi connectivity index (χ4n) is 10.8. The molecule has 0 saturated heterocycles. The monoisotopic (exact) mass is 1720 g/mol. The van der Waals surface area contributed by atoms with Gasteiger partial charge in [0, 0.05) is 147 Å². The fourth-order valence-corrected chi connectivity index (χ4v) is 10.8. The number of nitrogens with zero attached hydrogens (tertiary/aromatic N) is 8. The maximum Gasteiger partial charge on any atom is 0.522 e. The molecule has 520 valence electrons. The molecule has 8 aromatic heterocycles. The molecule has 19 heteroatoms. The average Bonchev–Trinajstić information content (AvgIpc) is 1.61. The Morgan fingerprint density at radius 3 is 1.16 bits per heavy atom. The van der Waals surface area contributed by atoms with Crippen LogP contribution in [0.2, 0.25) is 0 Å². The number of pyridine rings is 6. The van der Waals surface area contributed by atoms with E-state index < -0.39 is 15.6 Å². The van der Waals surface area contributed by atoms with E-state index in [0.29, 0.717) is 11.8 Å². The van der Waals surface area contributed by atoms with Crippen molar-refractivity contribution in [3.05, 3.63) is 278 Å². The maximum atomic E-state index is 10.7. The van der Waals surface area contributed by atoms with E-state index in [0.717, 1.165) is 118 Å². The van der Waals surface area contributed by atoms with Crippen LogP contribution in [0.4, 0.5) is 13.2 Å². The van der Waals surface area contributed by atoms with Crippen LogP contribution in [0.5, 0.6) is 0 Å². The number of benzene rings is 6. The van der Waals surface area contributed by atoms with Crippen molar-refractivity contribution in [3.63, 3.8) is 0 Å². The molecule has 0 amide bonds. The first-order valence-corrected chi connectivity index (χ1v) is 33.1. The predicted molar refractivity (Wildman–Crippen MR) is 390 cm³/mol. The van der Waals surface area contributed by atoms with Crippen molar-refractivity contribution in [3.8, 4) is 67.5 Å². The van der Waals surface area contributed by atoms with Gasteiger partial charge in [-0.1, -0.05) is 130 Å². The van der Waals surface area contributed by atoms with Crippen LogP contribution < -0.4 is 0 Å². The van der Waals surface area contributed by atoms with Crippen molar-refractivity contribution in [2.24, 2.45) is 11.8 Å². The van der Waals surface area contributed by atoms with Gasteiger partial charge in [-0.15, -0.1) is 95.6 Å². The summed E-state index contributed by atoms with van der Waals surface area (Å²) >= 11 is 0. The Bertz CT molecular complexity index is 4710. The summed E-state index contributed by atoms with van der Waals surface area (Å²) in [6, 6.07) is 86.3. The summed E-state index contributed by atoms with van der Waals surface area (Å²) in [5.74, 6) is 1.14. The second-order valence-corrected chi connectivity index (χ2v) is 24.8. The van der Waals surface area contributed by atoms with E-state index in [1.807, 2.05) is 161 Å². The Kier molecular flexibility index (Phi) is 30.1. The number of aliphatic hydroxyl groups excluding tert-OH is 2. The zero-order valence-electron chi connectivity index (χ0n) is 57.0. The quantitative estimate of drug-likeness (QED) is 0.0673. The van der Waals surface area contributed by atoms with E-state index in [-0.39, 0.29) is 40.2 Å². The molecule has 13 nitrogen and oxygen atoms in total. The maximum absolute atomic E-state index is 10.7. The number of para-hydroxylation sites is 2. The van der Waals surface area contributed by atoms with E-state index >= 15 is 0 Å². The molecule has 0 aliphatic heterocycles. The van der Waals surface area contributed by atoms with E-state index in [1.54, 1.807) is 0 Å². The molecule has 0 saturated carbocycles. The third-order valence-electron chi connectivity index (χ3n) is 15.1. The number of halogens is 3. The van der Waals surface area contributed by atoms with Crippen LogP contribution in [0, 0.1) is 57.7 Å². The van der Waals surface area contributed by atoms with Gasteiger partial charge >= 0.3 is 15.6 Å². The van der Waals surface area contributed by atoms with Crippen molar-refractivity contribution in [1.29, 1.82) is 0 Å². The van der Waals surface area contributed by atoms with Crippen LogP contribution in [-0.2, 0) is 63.4 Å². The van der Waals surface area contributed by atoms with Crippen LogP contribution in [0.1, 0.15) is 50.5 Å². The van der Waals surface area contributed by atoms with Crippen molar-refractivity contribution in [2.75, 3.05) is 14.2 Å². The minimum Gasteiger partial charge on any atom is -0.400 e. The van der Waals surface area contributed by atoms with Gasteiger partial charge in [-0.2, -0.15) is 21.6 Å². The number of aryl methyl sites for hydroxylation is 4. The molecule has 0 spiro atoms. The van der Waals surface area contributed by atoms with Gasteiger partial charge in [-0.25, -0.2) is 0 Å². The smallest absolute Gasteiger partial charge is 0.400 e. The molecule has 14 aromatic rings. The summed E-state index contributed by atoms with van der Waals surface area (Å²) in [5, 5.41) is 19.1. The van der Waals surface area contributed by atoms with Crippen LogP contribution >= 0.6 is 0 Å². The van der Waals surface area contributed by atoms with Crippen LogP contribution in [0.15, 0.2) is 237 Å². The molecule has 14 rings (SSSR count). The fraction of sp³-hybridized carbons (Fsp3) is 0.185. The molecule has 6 aromatic carbocycles. The van der Waals surface area contributed by atoms with E-state index in [2.05, 4.69) is 178 Å². The Morgan fingerprint density at radius 1 is 0.400 bits per heavy atom. The van der Waals surface area contributed by atoms with Crippen molar-refractivity contribution < 1.29 is 76.6 Å². The van der Waals surface area contributed by atoms with Gasteiger partial charge in [-0.3, -0.25) is 19.5 Å². The van der Waals surface area contributed by atoms with Crippen molar-refractivity contribution in [1.82, 2.24) is 39.0 Å². The Morgan fingerprint density at radius 2 is 0.770 bits per heavy atom.